The summed E-state index contributed by atoms with van der Waals surface area (Å²) < 4.78 is 16.0. The summed E-state index contributed by atoms with van der Waals surface area (Å²) in [4.78, 5) is 0. The first kappa shape index (κ1) is 20.8. The Labute approximate surface area is 150 Å². The molecule has 0 saturated heterocycles. The molecule has 0 unspecified atom stereocenters. The van der Waals surface area contributed by atoms with Gasteiger partial charge in [-0.1, -0.05) is 23.7 Å². The molecule has 3 nitrogen and oxygen atoms in total. The fraction of sp³-hybridized carbons (Fsp3) is 0.500. The van der Waals surface area contributed by atoms with Gasteiger partial charge in [-0.3, -0.25) is 0 Å². The zero-order chi connectivity index (χ0) is 18.2. The Hall–Kier alpha value is -1.29. The van der Waals surface area contributed by atoms with E-state index in [-0.39, 0.29) is 11.2 Å². The minimum Gasteiger partial charge on any atom is -0.472 e. The van der Waals surface area contributed by atoms with E-state index >= 15 is 0 Å². The molecule has 0 aliphatic carbocycles. The Morgan fingerprint density at radius 3 is 1.92 bits per heavy atom. The van der Waals surface area contributed by atoms with Crippen molar-refractivity contribution >= 4 is 11.6 Å². The van der Waals surface area contributed by atoms with Gasteiger partial charge in [-0.2, -0.15) is 0 Å². The first-order chi connectivity index (χ1) is 11.1. The van der Waals surface area contributed by atoms with E-state index in [4.69, 9.17) is 25.5 Å². The fourth-order valence-corrected chi connectivity index (χ4v) is 1.81. The van der Waals surface area contributed by atoms with Gasteiger partial charge < -0.3 is 13.9 Å². The van der Waals surface area contributed by atoms with E-state index in [2.05, 4.69) is 0 Å². The van der Waals surface area contributed by atoms with Crippen LogP contribution in [0, 0.1) is 0 Å². The van der Waals surface area contributed by atoms with Gasteiger partial charge in [0.15, 0.2) is 0 Å². The number of furan rings is 1. The highest BCUT2D eigenvalue weighted by atomic mass is 35.5. The fourth-order valence-electron chi connectivity index (χ4n) is 1.60. The third-order valence-corrected chi connectivity index (χ3v) is 3.05. The van der Waals surface area contributed by atoms with Gasteiger partial charge in [-0.25, -0.2) is 0 Å². The molecule has 1 aromatic carbocycles. The van der Waals surface area contributed by atoms with E-state index in [1.54, 1.807) is 12.5 Å². The SMILES string of the molecule is CC(C)(C)OCc1cccc(Cl)c1.CC(C)(C)OCc1ccoc1. The molecule has 0 N–H and O–H groups in total. The van der Waals surface area contributed by atoms with Gasteiger partial charge in [-0.15, -0.1) is 0 Å². The molecule has 0 fully saturated rings. The minimum atomic E-state index is -0.0949. The van der Waals surface area contributed by atoms with Crippen LogP contribution in [0.2, 0.25) is 5.02 Å². The lowest BCUT2D eigenvalue weighted by atomic mass is 10.2. The molecule has 134 valence electrons. The van der Waals surface area contributed by atoms with Crippen LogP contribution in [0.25, 0.3) is 0 Å². The predicted octanol–water partition coefficient (Wildman–Crippen LogP) is 6.25. The predicted molar refractivity (Wildman–Crippen MR) is 99.2 cm³/mol. The summed E-state index contributed by atoms with van der Waals surface area (Å²) in [5, 5.41) is 0.759. The third-order valence-electron chi connectivity index (χ3n) is 2.81. The van der Waals surface area contributed by atoms with Crippen molar-refractivity contribution in [3.8, 4) is 0 Å². The van der Waals surface area contributed by atoms with Gasteiger partial charge in [0.05, 0.1) is 36.9 Å². The van der Waals surface area contributed by atoms with E-state index < -0.39 is 0 Å². The van der Waals surface area contributed by atoms with Crippen molar-refractivity contribution in [2.45, 2.75) is 66.0 Å². The van der Waals surface area contributed by atoms with Crippen molar-refractivity contribution in [1.29, 1.82) is 0 Å². The van der Waals surface area contributed by atoms with Gasteiger partial charge in [0.1, 0.15) is 0 Å². The number of benzene rings is 1. The highest BCUT2D eigenvalue weighted by Gasteiger charge is 2.10. The van der Waals surface area contributed by atoms with Crippen LogP contribution in [-0.4, -0.2) is 11.2 Å². The quantitative estimate of drug-likeness (QED) is 0.651. The van der Waals surface area contributed by atoms with Gasteiger partial charge >= 0.3 is 0 Å². The van der Waals surface area contributed by atoms with Gasteiger partial charge in [-0.05, 0) is 65.3 Å². The molecular weight excluding hydrogens is 324 g/mol. The largest absolute Gasteiger partial charge is 0.472 e. The van der Waals surface area contributed by atoms with Crippen molar-refractivity contribution < 1.29 is 13.9 Å². The molecule has 0 spiro atoms. The van der Waals surface area contributed by atoms with Crippen LogP contribution in [0.3, 0.4) is 0 Å². The molecule has 0 radical (unpaired) electrons. The first-order valence-corrected chi connectivity index (χ1v) is 8.46. The van der Waals surface area contributed by atoms with Gasteiger partial charge in [0, 0.05) is 10.6 Å². The molecule has 0 amide bonds. The molecule has 2 aromatic rings. The summed E-state index contributed by atoms with van der Waals surface area (Å²) in [6.07, 6.45) is 3.35. The van der Waals surface area contributed by atoms with Gasteiger partial charge in [0.2, 0.25) is 0 Å². The number of hydrogen-bond donors (Lipinski definition) is 0. The van der Waals surface area contributed by atoms with Crippen molar-refractivity contribution in [1.82, 2.24) is 0 Å². The summed E-state index contributed by atoms with van der Waals surface area (Å²) in [7, 11) is 0. The second-order valence-corrected chi connectivity index (χ2v) is 8.00. The maximum absolute atomic E-state index is 5.84. The molecule has 0 aliphatic heterocycles. The lowest BCUT2D eigenvalue weighted by Crippen LogP contribution is -2.18. The molecule has 1 heterocycles. The minimum absolute atomic E-state index is 0.0722. The maximum atomic E-state index is 5.84. The second kappa shape index (κ2) is 9.26. The van der Waals surface area contributed by atoms with Crippen LogP contribution < -0.4 is 0 Å². The number of halogens is 1. The van der Waals surface area contributed by atoms with Crippen molar-refractivity contribution in [3.63, 3.8) is 0 Å². The molecular formula is C20H29ClO3. The van der Waals surface area contributed by atoms with Crippen LogP contribution in [0.5, 0.6) is 0 Å². The van der Waals surface area contributed by atoms with Crippen LogP contribution in [0.4, 0.5) is 0 Å². The Balaban J connectivity index is 0.000000243. The highest BCUT2D eigenvalue weighted by molar-refractivity contribution is 6.30. The van der Waals surface area contributed by atoms with Crippen molar-refractivity contribution in [2.75, 3.05) is 0 Å². The number of ether oxygens (including phenoxy) is 2. The lowest BCUT2D eigenvalue weighted by Gasteiger charge is -2.19. The zero-order valence-corrected chi connectivity index (χ0v) is 16.3. The summed E-state index contributed by atoms with van der Waals surface area (Å²) >= 11 is 5.84. The molecule has 0 atom stereocenters. The molecule has 24 heavy (non-hydrogen) atoms. The Kier molecular flexibility index (Phi) is 8.01. The average Bonchev–Trinajstić information content (AvgIpc) is 2.96. The van der Waals surface area contributed by atoms with E-state index in [9.17, 15) is 0 Å². The molecule has 0 aliphatic rings. The third kappa shape index (κ3) is 10.5. The molecule has 1 aromatic heterocycles. The molecule has 4 heteroatoms. The van der Waals surface area contributed by atoms with E-state index in [1.165, 1.54) is 0 Å². The zero-order valence-electron chi connectivity index (χ0n) is 15.6. The summed E-state index contributed by atoms with van der Waals surface area (Å²) in [5.74, 6) is 0. The van der Waals surface area contributed by atoms with Crippen molar-refractivity contribution in [3.05, 3.63) is 59.0 Å². The van der Waals surface area contributed by atoms with E-state index in [0.717, 1.165) is 16.1 Å². The van der Waals surface area contributed by atoms with E-state index in [1.807, 2.05) is 71.9 Å². The average molecular weight is 353 g/mol. The monoisotopic (exact) mass is 352 g/mol. The van der Waals surface area contributed by atoms with Crippen LogP contribution in [-0.2, 0) is 22.7 Å². The normalized spacial score (nSPS) is 11.8. The highest BCUT2D eigenvalue weighted by Crippen LogP contribution is 2.15. The van der Waals surface area contributed by atoms with Crippen molar-refractivity contribution in [2.24, 2.45) is 0 Å². The van der Waals surface area contributed by atoms with Gasteiger partial charge in [0.25, 0.3) is 0 Å². The number of rotatable bonds is 4. The van der Waals surface area contributed by atoms with Crippen LogP contribution >= 0.6 is 11.6 Å². The van der Waals surface area contributed by atoms with Crippen LogP contribution in [0.1, 0.15) is 52.7 Å². The van der Waals surface area contributed by atoms with Crippen LogP contribution in [0.15, 0.2) is 47.3 Å². The molecule has 2 rings (SSSR count). The molecule has 0 saturated carbocycles. The topological polar surface area (TPSA) is 31.6 Å². The summed E-state index contributed by atoms with van der Waals surface area (Å²) in [5.41, 5.74) is 2.03. The summed E-state index contributed by atoms with van der Waals surface area (Å²) in [6.45, 7) is 13.5. The first-order valence-electron chi connectivity index (χ1n) is 8.09. The Morgan fingerprint density at radius 2 is 1.46 bits per heavy atom. The van der Waals surface area contributed by atoms with E-state index in [0.29, 0.717) is 13.2 Å². The molecule has 0 bridgehead atoms. The summed E-state index contributed by atoms with van der Waals surface area (Å²) in [6, 6.07) is 9.64. The maximum Gasteiger partial charge on any atom is 0.0957 e. The number of hydrogen-bond acceptors (Lipinski definition) is 3. The Morgan fingerprint density at radius 1 is 0.875 bits per heavy atom. The Bertz CT molecular complexity index is 578. The lowest BCUT2D eigenvalue weighted by molar-refractivity contribution is -0.0153. The standard InChI is InChI=1S/C11H15ClO.C9H14O2/c1-11(2,3)13-8-9-5-4-6-10(12)7-9;1-9(2,3)11-7-8-4-5-10-6-8/h4-7H,8H2,1-3H3;4-6H,7H2,1-3H3. The second-order valence-electron chi connectivity index (χ2n) is 7.56. The smallest absolute Gasteiger partial charge is 0.0957 e.